The molecule has 1 heterocycles. The number of nitrogens with zero attached hydrogens (tertiary/aromatic N) is 1. The van der Waals surface area contributed by atoms with Gasteiger partial charge in [-0.25, -0.2) is 0 Å². The van der Waals surface area contributed by atoms with E-state index in [1.807, 2.05) is 11.9 Å². The second-order valence-electron chi connectivity index (χ2n) is 6.77. The second kappa shape index (κ2) is 6.61. The smallest absolute Gasteiger partial charge is 0.222 e. The Morgan fingerprint density at radius 2 is 1.86 bits per heavy atom. The minimum atomic E-state index is 0.207. The molecule has 0 radical (unpaired) electrons. The summed E-state index contributed by atoms with van der Waals surface area (Å²) in [5.74, 6) is 1.39. The Morgan fingerprint density at radius 1 is 1.24 bits per heavy atom. The van der Waals surface area contributed by atoms with Gasteiger partial charge in [0.25, 0.3) is 0 Å². The molecule has 1 aromatic rings. The molecule has 2 rings (SSSR count). The molecular formula is C18H28N2O. The van der Waals surface area contributed by atoms with Crippen LogP contribution in [0.15, 0.2) is 18.2 Å². The SMILES string of the molecule is CNC(CN1CC(C(C)C)CC1=O)c1cc(C)cc(C)c1. The van der Waals surface area contributed by atoms with E-state index in [4.69, 9.17) is 0 Å². The Hall–Kier alpha value is -1.35. The highest BCUT2D eigenvalue weighted by Gasteiger charge is 2.32. The molecule has 1 aliphatic heterocycles. The third-order valence-corrected chi connectivity index (χ3v) is 4.59. The first kappa shape index (κ1) is 16.0. The molecule has 21 heavy (non-hydrogen) atoms. The van der Waals surface area contributed by atoms with Gasteiger partial charge >= 0.3 is 0 Å². The lowest BCUT2D eigenvalue weighted by Gasteiger charge is -2.25. The molecule has 1 aliphatic rings. The number of likely N-dealkylation sites (N-methyl/N-ethyl adjacent to an activating group) is 1. The molecule has 3 nitrogen and oxygen atoms in total. The number of rotatable bonds is 5. The van der Waals surface area contributed by atoms with Crippen molar-refractivity contribution < 1.29 is 4.79 Å². The van der Waals surface area contributed by atoms with E-state index in [1.54, 1.807) is 0 Å². The van der Waals surface area contributed by atoms with Crippen molar-refractivity contribution in [2.45, 2.75) is 40.2 Å². The van der Waals surface area contributed by atoms with Crippen molar-refractivity contribution in [3.8, 4) is 0 Å². The van der Waals surface area contributed by atoms with Crippen LogP contribution in [0.25, 0.3) is 0 Å². The Balaban J connectivity index is 2.10. The number of hydrogen-bond acceptors (Lipinski definition) is 2. The van der Waals surface area contributed by atoms with E-state index in [1.165, 1.54) is 16.7 Å². The zero-order chi connectivity index (χ0) is 15.6. The Morgan fingerprint density at radius 3 is 2.33 bits per heavy atom. The summed E-state index contributed by atoms with van der Waals surface area (Å²) < 4.78 is 0. The number of amides is 1. The molecule has 3 heteroatoms. The Kier molecular flexibility index (Phi) is 5.04. The second-order valence-corrected chi connectivity index (χ2v) is 6.77. The van der Waals surface area contributed by atoms with Crippen LogP contribution in [0.5, 0.6) is 0 Å². The van der Waals surface area contributed by atoms with Crippen molar-refractivity contribution in [3.63, 3.8) is 0 Å². The number of aryl methyl sites for hydroxylation is 2. The van der Waals surface area contributed by atoms with E-state index in [2.05, 4.69) is 51.2 Å². The highest BCUT2D eigenvalue weighted by Crippen LogP contribution is 2.27. The first-order valence-electron chi connectivity index (χ1n) is 7.94. The van der Waals surface area contributed by atoms with Gasteiger partial charge in [-0.3, -0.25) is 4.79 Å². The summed E-state index contributed by atoms with van der Waals surface area (Å²) in [6.45, 7) is 10.3. The number of benzene rings is 1. The lowest BCUT2D eigenvalue weighted by Crippen LogP contribution is -2.35. The summed E-state index contributed by atoms with van der Waals surface area (Å²) in [5, 5.41) is 3.37. The quantitative estimate of drug-likeness (QED) is 0.903. The van der Waals surface area contributed by atoms with Crippen molar-refractivity contribution in [3.05, 3.63) is 34.9 Å². The van der Waals surface area contributed by atoms with Crippen LogP contribution in [0.3, 0.4) is 0 Å². The van der Waals surface area contributed by atoms with E-state index in [0.29, 0.717) is 24.2 Å². The number of carbonyl (C=O) groups is 1. The Labute approximate surface area is 128 Å². The van der Waals surface area contributed by atoms with Gasteiger partial charge in [-0.05, 0) is 38.3 Å². The molecule has 2 atom stereocenters. The van der Waals surface area contributed by atoms with Crippen LogP contribution in [0.4, 0.5) is 0 Å². The molecule has 1 amide bonds. The summed E-state index contributed by atoms with van der Waals surface area (Å²) in [6.07, 6.45) is 0.709. The molecule has 1 aromatic carbocycles. The van der Waals surface area contributed by atoms with Gasteiger partial charge in [0, 0.05) is 25.6 Å². The molecule has 0 aliphatic carbocycles. The van der Waals surface area contributed by atoms with Crippen LogP contribution < -0.4 is 5.32 Å². The van der Waals surface area contributed by atoms with Gasteiger partial charge in [0.05, 0.1) is 0 Å². The molecule has 1 saturated heterocycles. The molecule has 2 unspecified atom stereocenters. The highest BCUT2D eigenvalue weighted by atomic mass is 16.2. The maximum atomic E-state index is 12.2. The molecule has 0 saturated carbocycles. The third kappa shape index (κ3) is 3.85. The molecule has 0 aromatic heterocycles. The highest BCUT2D eigenvalue weighted by molar-refractivity contribution is 5.78. The van der Waals surface area contributed by atoms with Gasteiger partial charge in [-0.1, -0.05) is 43.2 Å². The number of likely N-dealkylation sites (tertiary alicyclic amines) is 1. The number of nitrogens with one attached hydrogen (secondary N) is 1. The van der Waals surface area contributed by atoms with E-state index in [9.17, 15) is 4.79 Å². The first-order chi connectivity index (χ1) is 9.90. The summed E-state index contributed by atoms with van der Waals surface area (Å²) >= 11 is 0. The van der Waals surface area contributed by atoms with Crippen molar-refractivity contribution in [2.75, 3.05) is 20.1 Å². The summed E-state index contributed by atoms with van der Waals surface area (Å²) in [4.78, 5) is 14.2. The van der Waals surface area contributed by atoms with Crippen LogP contribution >= 0.6 is 0 Å². The van der Waals surface area contributed by atoms with Gasteiger partial charge < -0.3 is 10.2 Å². The van der Waals surface area contributed by atoms with E-state index in [-0.39, 0.29) is 6.04 Å². The maximum Gasteiger partial charge on any atom is 0.222 e. The van der Waals surface area contributed by atoms with Crippen LogP contribution in [-0.4, -0.2) is 30.9 Å². The van der Waals surface area contributed by atoms with Crippen molar-refractivity contribution >= 4 is 5.91 Å². The zero-order valence-electron chi connectivity index (χ0n) is 13.9. The van der Waals surface area contributed by atoms with Gasteiger partial charge in [0.15, 0.2) is 0 Å². The fraction of sp³-hybridized carbons (Fsp3) is 0.611. The van der Waals surface area contributed by atoms with E-state index in [0.717, 1.165) is 13.1 Å². The van der Waals surface area contributed by atoms with Crippen molar-refractivity contribution in [1.82, 2.24) is 10.2 Å². The van der Waals surface area contributed by atoms with Gasteiger partial charge in [0.1, 0.15) is 0 Å². The Bertz CT molecular complexity index is 490. The minimum absolute atomic E-state index is 0.207. The molecule has 116 valence electrons. The normalized spacial score (nSPS) is 20.4. The van der Waals surface area contributed by atoms with Crippen LogP contribution in [0, 0.1) is 25.7 Å². The van der Waals surface area contributed by atoms with Crippen LogP contribution in [0.2, 0.25) is 0 Å². The van der Waals surface area contributed by atoms with E-state index < -0.39 is 0 Å². The fourth-order valence-corrected chi connectivity index (χ4v) is 3.22. The molecule has 0 spiro atoms. The largest absolute Gasteiger partial charge is 0.340 e. The molecule has 0 bridgehead atoms. The molecule has 1 N–H and O–H groups in total. The predicted molar refractivity (Wildman–Crippen MR) is 87.2 cm³/mol. The predicted octanol–water partition coefficient (Wildman–Crippen LogP) is 3.07. The van der Waals surface area contributed by atoms with Crippen molar-refractivity contribution in [2.24, 2.45) is 11.8 Å². The first-order valence-corrected chi connectivity index (χ1v) is 7.94. The van der Waals surface area contributed by atoms with Crippen LogP contribution in [-0.2, 0) is 4.79 Å². The average molecular weight is 288 g/mol. The van der Waals surface area contributed by atoms with E-state index >= 15 is 0 Å². The number of carbonyl (C=O) groups excluding carboxylic acids is 1. The molecular weight excluding hydrogens is 260 g/mol. The van der Waals surface area contributed by atoms with Gasteiger partial charge in [-0.15, -0.1) is 0 Å². The monoisotopic (exact) mass is 288 g/mol. The molecule has 1 fully saturated rings. The summed E-state index contributed by atoms with van der Waals surface area (Å²) in [6, 6.07) is 6.83. The number of hydrogen-bond donors (Lipinski definition) is 1. The fourth-order valence-electron chi connectivity index (χ4n) is 3.22. The minimum Gasteiger partial charge on any atom is -0.340 e. The maximum absolute atomic E-state index is 12.2. The lowest BCUT2D eigenvalue weighted by atomic mass is 9.95. The lowest BCUT2D eigenvalue weighted by molar-refractivity contribution is -0.128. The average Bonchev–Trinajstić information content (AvgIpc) is 2.76. The van der Waals surface area contributed by atoms with Crippen molar-refractivity contribution in [1.29, 1.82) is 0 Å². The topological polar surface area (TPSA) is 32.3 Å². The summed E-state index contributed by atoms with van der Waals surface area (Å²) in [7, 11) is 1.98. The summed E-state index contributed by atoms with van der Waals surface area (Å²) in [5.41, 5.74) is 3.83. The standard InChI is InChI=1S/C18H28N2O/c1-12(2)16-9-18(21)20(10-16)11-17(19-5)15-7-13(3)6-14(4)8-15/h6-8,12,16-17,19H,9-11H2,1-5H3. The van der Waals surface area contributed by atoms with Gasteiger partial charge in [-0.2, -0.15) is 0 Å². The third-order valence-electron chi connectivity index (χ3n) is 4.59. The van der Waals surface area contributed by atoms with Gasteiger partial charge in [0.2, 0.25) is 5.91 Å². The zero-order valence-corrected chi connectivity index (χ0v) is 13.9. The van der Waals surface area contributed by atoms with Crippen LogP contribution in [0.1, 0.15) is 43.0 Å².